The Balaban J connectivity index is 1.89. The van der Waals surface area contributed by atoms with Crippen molar-refractivity contribution in [2.24, 2.45) is 0 Å². The number of anilines is 1. The van der Waals surface area contributed by atoms with E-state index in [1.807, 2.05) is 6.07 Å². The van der Waals surface area contributed by atoms with Gasteiger partial charge in [0.1, 0.15) is 11.5 Å². The molecule has 1 aliphatic rings. The number of carbonyl (C=O) groups excluding carboxylic acids is 1. The predicted octanol–water partition coefficient (Wildman–Crippen LogP) is 1.95. The van der Waals surface area contributed by atoms with Crippen LogP contribution in [0.15, 0.2) is 30.5 Å². The molecule has 0 aliphatic carbocycles. The standard InChI is InChI=1S/C17H19FN4O/c1-12-10-13(17(18)20-11-12)16(23)14-4-2-5-15(21-14)22-8-3-6-19-7-9-22/h2,4-5,10-11,19H,3,6-9H2,1H3. The van der Waals surface area contributed by atoms with Gasteiger partial charge in [-0.05, 0) is 43.7 Å². The molecule has 0 radical (unpaired) electrons. The number of carbonyl (C=O) groups is 1. The first-order valence-corrected chi connectivity index (χ1v) is 7.75. The maximum Gasteiger partial charge on any atom is 0.224 e. The third kappa shape index (κ3) is 3.53. The van der Waals surface area contributed by atoms with E-state index in [1.165, 1.54) is 12.3 Å². The fraction of sp³-hybridized carbons (Fsp3) is 0.353. The van der Waals surface area contributed by atoms with E-state index in [-0.39, 0.29) is 11.3 Å². The van der Waals surface area contributed by atoms with Crippen molar-refractivity contribution in [2.75, 3.05) is 31.1 Å². The van der Waals surface area contributed by atoms with Crippen molar-refractivity contribution in [3.8, 4) is 0 Å². The number of nitrogens with zero attached hydrogens (tertiary/aromatic N) is 3. The second-order valence-corrected chi connectivity index (χ2v) is 5.65. The van der Waals surface area contributed by atoms with E-state index in [0.29, 0.717) is 0 Å². The van der Waals surface area contributed by atoms with E-state index in [9.17, 15) is 9.18 Å². The largest absolute Gasteiger partial charge is 0.355 e. The maximum absolute atomic E-state index is 13.8. The average Bonchev–Trinajstić information content (AvgIpc) is 2.86. The molecule has 6 heteroatoms. The summed E-state index contributed by atoms with van der Waals surface area (Å²) in [4.78, 5) is 22.7. The molecule has 0 bridgehead atoms. The van der Waals surface area contributed by atoms with Crippen molar-refractivity contribution in [3.05, 3.63) is 53.2 Å². The van der Waals surface area contributed by atoms with Crippen LogP contribution in [0.4, 0.5) is 10.2 Å². The molecular formula is C17H19FN4O. The Morgan fingerprint density at radius 2 is 2.17 bits per heavy atom. The number of pyridine rings is 2. The summed E-state index contributed by atoms with van der Waals surface area (Å²) in [5.41, 5.74) is 0.947. The van der Waals surface area contributed by atoms with Crippen LogP contribution >= 0.6 is 0 Å². The van der Waals surface area contributed by atoms with Crippen molar-refractivity contribution >= 4 is 11.6 Å². The molecule has 0 unspecified atom stereocenters. The first-order chi connectivity index (χ1) is 11.1. The maximum atomic E-state index is 13.8. The zero-order chi connectivity index (χ0) is 16.2. The van der Waals surface area contributed by atoms with Crippen LogP contribution in [-0.4, -0.2) is 41.9 Å². The molecule has 120 valence electrons. The zero-order valence-electron chi connectivity index (χ0n) is 13.1. The molecule has 1 N–H and O–H groups in total. The van der Waals surface area contributed by atoms with Gasteiger partial charge in [0.2, 0.25) is 11.7 Å². The lowest BCUT2D eigenvalue weighted by Gasteiger charge is -2.21. The fourth-order valence-corrected chi connectivity index (χ4v) is 2.65. The summed E-state index contributed by atoms with van der Waals surface area (Å²) >= 11 is 0. The Morgan fingerprint density at radius 1 is 1.30 bits per heavy atom. The topological polar surface area (TPSA) is 58.1 Å². The molecule has 0 atom stereocenters. The SMILES string of the molecule is Cc1cnc(F)c(C(=O)c2cccc(N3CCCNCC3)n2)c1. The van der Waals surface area contributed by atoms with Gasteiger partial charge in [-0.1, -0.05) is 6.07 Å². The molecule has 1 saturated heterocycles. The molecule has 2 aromatic rings. The van der Waals surface area contributed by atoms with E-state index in [4.69, 9.17) is 0 Å². The van der Waals surface area contributed by atoms with Crippen LogP contribution in [0.2, 0.25) is 0 Å². The summed E-state index contributed by atoms with van der Waals surface area (Å²) in [6.07, 6.45) is 2.43. The second kappa shape index (κ2) is 6.83. The minimum absolute atomic E-state index is 0.0350. The van der Waals surface area contributed by atoms with Crippen LogP contribution in [0.3, 0.4) is 0 Å². The third-order valence-electron chi connectivity index (χ3n) is 3.85. The van der Waals surface area contributed by atoms with Gasteiger partial charge in [-0.2, -0.15) is 4.39 Å². The minimum atomic E-state index is -0.758. The average molecular weight is 314 g/mol. The van der Waals surface area contributed by atoms with Gasteiger partial charge < -0.3 is 10.2 Å². The van der Waals surface area contributed by atoms with Gasteiger partial charge in [0.25, 0.3) is 0 Å². The summed E-state index contributed by atoms with van der Waals surface area (Å²) in [5, 5.41) is 3.33. The van der Waals surface area contributed by atoms with Crippen molar-refractivity contribution in [2.45, 2.75) is 13.3 Å². The van der Waals surface area contributed by atoms with Gasteiger partial charge in [-0.15, -0.1) is 0 Å². The van der Waals surface area contributed by atoms with Crippen LogP contribution in [0.5, 0.6) is 0 Å². The van der Waals surface area contributed by atoms with Crippen LogP contribution in [0.25, 0.3) is 0 Å². The number of ketones is 1. The number of aryl methyl sites for hydroxylation is 1. The number of halogens is 1. The predicted molar refractivity (Wildman–Crippen MR) is 86.3 cm³/mol. The van der Waals surface area contributed by atoms with Gasteiger partial charge in [-0.3, -0.25) is 4.79 Å². The third-order valence-corrected chi connectivity index (χ3v) is 3.85. The molecule has 5 nitrogen and oxygen atoms in total. The first-order valence-electron chi connectivity index (χ1n) is 7.75. The molecule has 23 heavy (non-hydrogen) atoms. The quantitative estimate of drug-likeness (QED) is 0.693. The number of hydrogen-bond acceptors (Lipinski definition) is 5. The molecule has 3 rings (SSSR count). The number of nitrogens with one attached hydrogen (secondary N) is 1. The summed E-state index contributed by atoms with van der Waals surface area (Å²) in [6, 6.07) is 6.79. The Bertz CT molecular complexity index is 711. The fourth-order valence-electron chi connectivity index (χ4n) is 2.65. The molecule has 3 heterocycles. The molecule has 2 aromatic heterocycles. The molecule has 0 aromatic carbocycles. The summed E-state index contributed by atoms with van der Waals surface area (Å²) < 4.78 is 13.8. The Morgan fingerprint density at radius 3 is 3.04 bits per heavy atom. The van der Waals surface area contributed by atoms with Crippen molar-refractivity contribution in [3.63, 3.8) is 0 Å². The summed E-state index contributed by atoms with van der Waals surface area (Å²) in [7, 11) is 0. The lowest BCUT2D eigenvalue weighted by molar-refractivity contribution is 0.102. The van der Waals surface area contributed by atoms with Gasteiger partial charge >= 0.3 is 0 Å². The van der Waals surface area contributed by atoms with Crippen LogP contribution in [0.1, 0.15) is 28.0 Å². The highest BCUT2D eigenvalue weighted by Crippen LogP contribution is 2.17. The molecule has 0 spiro atoms. The van der Waals surface area contributed by atoms with Crippen molar-refractivity contribution < 1.29 is 9.18 Å². The van der Waals surface area contributed by atoms with Gasteiger partial charge in [0.15, 0.2) is 0 Å². The van der Waals surface area contributed by atoms with Crippen LogP contribution < -0.4 is 10.2 Å². The van der Waals surface area contributed by atoms with Gasteiger partial charge in [0, 0.05) is 25.8 Å². The smallest absolute Gasteiger partial charge is 0.224 e. The monoisotopic (exact) mass is 314 g/mol. The Hall–Kier alpha value is -2.34. The van der Waals surface area contributed by atoms with Gasteiger partial charge in [-0.25, -0.2) is 9.97 Å². The lowest BCUT2D eigenvalue weighted by atomic mass is 10.1. The molecule has 0 saturated carbocycles. The molecular weight excluding hydrogens is 295 g/mol. The van der Waals surface area contributed by atoms with Crippen LogP contribution in [-0.2, 0) is 0 Å². The normalized spacial score (nSPS) is 15.3. The van der Waals surface area contributed by atoms with E-state index in [1.54, 1.807) is 19.1 Å². The van der Waals surface area contributed by atoms with E-state index in [2.05, 4.69) is 20.2 Å². The highest BCUT2D eigenvalue weighted by molar-refractivity contribution is 6.07. The van der Waals surface area contributed by atoms with E-state index in [0.717, 1.165) is 44.0 Å². The molecule has 1 aliphatic heterocycles. The number of rotatable bonds is 3. The van der Waals surface area contributed by atoms with Crippen LogP contribution in [0, 0.1) is 12.9 Å². The van der Waals surface area contributed by atoms with E-state index >= 15 is 0 Å². The molecule has 0 amide bonds. The van der Waals surface area contributed by atoms with Gasteiger partial charge in [0.05, 0.1) is 5.56 Å². The first kappa shape index (κ1) is 15.6. The Labute approximate surface area is 134 Å². The minimum Gasteiger partial charge on any atom is -0.355 e. The Kier molecular flexibility index (Phi) is 4.62. The zero-order valence-corrected chi connectivity index (χ0v) is 13.1. The summed E-state index contributed by atoms with van der Waals surface area (Å²) in [6.45, 7) is 5.37. The highest BCUT2D eigenvalue weighted by Gasteiger charge is 2.18. The second-order valence-electron chi connectivity index (χ2n) is 5.65. The van der Waals surface area contributed by atoms with E-state index < -0.39 is 11.7 Å². The number of hydrogen-bond donors (Lipinski definition) is 1. The van der Waals surface area contributed by atoms with Crippen molar-refractivity contribution in [1.82, 2.24) is 15.3 Å². The van der Waals surface area contributed by atoms with Crippen molar-refractivity contribution in [1.29, 1.82) is 0 Å². The highest BCUT2D eigenvalue weighted by atomic mass is 19.1. The molecule has 1 fully saturated rings. The lowest BCUT2D eigenvalue weighted by Crippen LogP contribution is -2.29. The summed E-state index contributed by atoms with van der Waals surface area (Å²) in [5.74, 6) is -0.444. The number of aromatic nitrogens is 2.